The second-order valence-electron chi connectivity index (χ2n) is 4.52. The molecule has 3 N–H and O–H groups in total. The van der Waals surface area contributed by atoms with Gasteiger partial charge in [-0.25, -0.2) is 5.84 Å². The van der Waals surface area contributed by atoms with Gasteiger partial charge in [-0.2, -0.15) is 11.8 Å². The molecule has 4 nitrogen and oxygen atoms in total. The lowest BCUT2D eigenvalue weighted by molar-refractivity contribution is -0.121. The highest BCUT2D eigenvalue weighted by atomic mass is 32.2. The molecule has 0 aromatic heterocycles. The fourth-order valence-corrected chi connectivity index (χ4v) is 2.76. The Morgan fingerprint density at radius 3 is 2.93 bits per heavy atom. The second-order valence-corrected chi connectivity index (χ2v) is 6.32. The minimum Gasteiger partial charge on any atom is -0.302 e. The number of thioether (sulfide) groups is 1. The summed E-state index contributed by atoms with van der Waals surface area (Å²) in [5, 5.41) is 0. The van der Waals surface area contributed by atoms with Crippen LogP contribution in [0.15, 0.2) is 0 Å². The van der Waals surface area contributed by atoms with Gasteiger partial charge in [-0.15, -0.1) is 0 Å². The summed E-state index contributed by atoms with van der Waals surface area (Å²) in [4.78, 5) is 13.3. The van der Waals surface area contributed by atoms with Gasteiger partial charge < -0.3 is 4.90 Å². The Bertz CT molecular complexity index is 221. The molecule has 1 heterocycles. The molecule has 0 bridgehead atoms. The average molecular weight is 231 g/mol. The lowest BCUT2D eigenvalue weighted by atomic mass is 10.1. The van der Waals surface area contributed by atoms with Crippen LogP contribution in [-0.4, -0.2) is 40.9 Å². The molecule has 0 saturated carbocycles. The molecule has 1 amide bonds. The number of carbonyl (C=O) groups is 1. The molecule has 5 heteroatoms. The van der Waals surface area contributed by atoms with Gasteiger partial charge in [0.15, 0.2) is 0 Å². The number of hydrogen-bond donors (Lipinski definition) is 2. The predicted octanol–water partition coefficient (Wildman–Crippen LogP) is 0.584. The summed E-state index contributed by atoms with van der Waals surface area (Å²) in [5.74, 6) is 6.11. The number of carbonyl (C=O) groups excluding carboxylic acids is 1. The first kappa shape index (κ1) is 12.8. The van der Waals surface area contributed by atoms with E-state index in [0.717, 1.165) is 25.4 Å². The van der Waals surface area contributed by atoms with Crippen molar-refractivity contribution in [2.45, 2.75) is 31.4 Å². The van der Waals surface area contributed by atoms with E-state index >= 15 is 0 Å². The van der Waals surface area contributed by atoms with E-state index in [1.807, 2.05) is 11.8 Å². The average Bonchev–Trinajstić information content (AvgIpc) is 2.36. The van der Waals surface area contributed by atoms with Crippen molar-refractivity contribution in [1.29, 1.82) is 0 Å². The van der Waals surface area contributed by atoms with Crippen LogP contribution in [0.2, 0.25) is 0 Å². The Hall–Kier alpha value is -0.260. The van der Waals surface area contributed by atoms with Gasteiger partial charge in [0, 0.05) is 30.0 Å². The zero-order chi connectivity index (χ0) is 11.3. The van der Waals surface area contributed by atoms with Crippen LogP contribution in [0.4, 0.5) is 0 Å². The summed E-state index contributed by atoms with van der Waals surface area (Å²) in [6, 6.07) is 0. The Morgan fingerprint density at radius 1 is 1.53 bits per heavy atom. The van der Waals surface area contributed by atoms with Crippen molar-refractivity contribution in [3.8, 4) is 0 Å². The fourth-order valence-electron chi connectivity index (χ4n) is 1.62. The van der Waals surface area contributed by atoms with Crippen molar-refractivity contribution in [3.05, 3.63) is 0 Å². The molecule has 0 aromatic rings. The first-order chi connectivity index (χ1) is 7.03. The van der Waals surface area contributed by atoms with Crippen LogP contribution in [0.25, 0.3) is 0 Å². The summed E-state index contributed by atoms with van der Waals surface area (Å²) in [6.07, 6.45) is 1.68. The van der Waals surface area contributed by atoms with Gasteiger partial charge in [0.1, 0.15) is 0 Å². The van der Waals surface area contributed by atoms with Crippen LogP contribution < -0.4 is 11.3 Å². The topological polar surface area (TPSA) is 58.4 Å². The number of nitrogens with one attached hydrogen (secondary N) is 1. The molecule has 0 aromatic carbocycles. The molecule has 1 fully saturated rings. The molecule has 15 heavy (non-hydrogen) atoms. The molecule has 0 spiro atoms. The third kappa shape index (κ3) is 4.86. The number of nitrogens with two attached hydrogens (primary N) is 1. The molecule has 1 aliphatic heterocycles. The quantitative estimate of drug-likeness (QED) is 0.424. The fraction of sp³-hybridized carbons (Fsp3) is 0.900. The molecule has 0 radical (unpaired) electrons. The van der Waals surface area contributed by atoms with E-state index in [-0.39, 0.29) is 5.91 Å². The summed E-state index contributed by atoms with van der Waals surface area (Å²) in [6.45, 7) is 7.55. The standard InChI is InChI=1S/C10H21N3OS/c1-10(2)4-6-13(7-8-15-10)5-3-9(14)12-11/h3-8,11H2,1-2H3,(H,12,14). The Morgan fingerprint density at radius 2 is 2.27 bits per heavy atom. The molecule has 1 saturated heterocycles. The van der Waals surface area contributed by atoms with Crippen molar-refractivity contribution in [3.63, 3.8) is 0 Å². The summed E-state index contributed by atoms with van der Waals surface area (Å²) >= 11 is 2.02. The maximum Gasteiger partial charge on any atom is 0.235 e. The van der Waals surface area contributed by atoms with Gasteiger partial charge in [0.05, 0.1) is 0 Å². The van der Waals surface area contributed by atoms with E-state index in [4.69, 9.17) is 5.84 Å². The van der Waals surface area contributed by atoms with E-state index in [1.165, 1.54) is 6.42 Å². The molecule has 0 unspecified atom stereocenters. The summed E-state index contributed by atoms with van der Waals surface area (Å²) in [5.41, 5.74) is 2.17. The van der Waals surface area contributed by atoms with Gasteiger partial charge in [-0.3, -0.25) is 10.2 Å². The van der Waals surface area contributed by atoms with Crippen molar-refractivity contribution < 1.29 is 4.79 Å². The minimum atomic E-state index is -0.0776. The Balaban J connectivity index is 2.29. The van der Waals surface area contributed by atoms with Gasteiger partial charge in [-0.1, -0.05) is 13.8 Å². The van der Waals surface area contributed by atoms with E-state index in [0.29, 0.717) is 11.2 Å². The third-order valence-electron chi connectivity index (χ3n) is 2.75. The van der Waals surface area contributed by atoms with Crippen molar-refractivity contribution >= 4 is 17.7 Å². The maximum absolute atomic E-state index is 11.0. The molecule has 1 rings (SSSR count). The van der Waals surface area contributed by atoms with E-state index in [2.05, 4.69) is 24.2 Å². The highest BCUT2D eigenvalue weighted by Crippen LogP contribution is 2.30. The SMILES string of the molecule is CC1(C)CCN(CCC(=O)NN)CCS1. The van der Waals surface area contributed by atoms with Crippen LogP contribution in [0, 0.1) is 0 Å². The first-order valence-electron chi connectivity index (χ1n) is 5.39. The molecule has 88 valence electrons. The van der Waals surface area contributed by atoms with Crippen LogP contribution in [0.3, 0.4) is 0 Å². The normalized spacial score (nSPS) is 22.1. The largest absolute Gasteiger partial charge is 0.302 e. The van der Waals surface area contributed by atoms with Gasteiger partial charge >= 0.3 is 0 Å². The molecule has 1 aliphatic rings. The number of hydrazine groups is 1. The molecule has 0 aliphatic carbocycles. The zero-order valence-corrected chi connectivity index (χ0v) is 10.4. The van der Waals surface area contributed by atoms with Gasteiger partial charge in [0.2, 0.25) is 5.91 Å². The lowest BCUT2D eigenvalue weighted by Crippen LogP contribution is -2.35. The monoisotopic (exact) mass is 231 g/mol. The Kier molecular flexibility index (Phi) is 4.89. The molecular formula is C10H21N3OS. The number of rotatable bonds is 3. The minimum absolute atomic E-state index is 0.0776. The first-order valence-corrected chi connectivity index (χ1v) is 6.38. The van der Waals surface area contributed by atoms with Crippen LogP contribution in [0.1, 0.15) is 26.7 Å². The lowest BCUT2D eigenvalue weighted by Gasteiger charge is -2.22. The van der Waals surface area contributed by atoms with Crippen LogP contribution >= 0.6 is 11.8 Å². The van der Waals surface area contributed by atoms with Crippen molar-refractivity contribution in [2.75, 3.05) is 25.4 Å². The highest BCUT2D eigenvalue weighted by Gasteiger charge is 2.23. The number of nitrogens with zero attached hydrogens (tertiary/aromatic N) is 1. The maximum atomic E-state index is 11.0. The van der Waals surface area contributed by atoms with Crippen molar-refractivity contribution in [1.82, 2.24) is 10.3 Å². The van der Waals surface area contributed by atoms with Crippen LogP contribution in [-0.2, 0) is 4.79 Å². The van der Waals surface area contributed by atoms with Crippen molar-refractivity contribution in [2.24, 2.45) is 5.84 Å². The Labute approximate surface area is 95.9 Å². The van der Waals surface area contributed by atoms with E-state index < -0.39 is 0 Å². The predicted molar refractivity (Wildman–Crippen MR) is 64.5 cm³/mol. The van der Waals surface area contributed by atoms with Crippen LogP contribution in [0.5, 0.6) is 0 Å². The van der Waals surface area contributed by atoms with E-state index in [9.17, 15) is 4.79 Å². The van der Waals surface area contributed by atoms with E-state index in [1.54, 1.807) is 0 Å². The highest BCUT2D eigenvalue weighted by molar-refractivity contribution is 8.00. The smallest absolute Gasteiger partial charge is 0.235 e. The zero-order valence-electron chi connectivity index (χ0n) is 9.58. The third-order valence-corrected chi connectivity index (χ3v) is 4.12. The molecule has 0 atom stereocenters. The van der Waals surface area contributed by atoms with Gasteiger partial charge in [0.25, 0.3) is 0 Å². The van der Waals surface area contributed by atoms with Gasteiger partial charge in [-0.05, 0) is 13.0 Å². The number of amides is 1. The molecular weight excluding hydrogens is 210 g/mol. The number of hydrogen-bond acceptors (Lipinski definition) is 4. The second kappa shape index (κ2) is 5.72. The summed E-state index contributed by atoms with van der Waals surface area (Å²) in [7, 11) is 0. The summed E-state index contributed by atoms with van der Waals surface area (Å²) < 4.78 is 0.380.